The molecule has 1 aromatic carbocycles. The molecule has 0 radical (unpaired) electrons. The summed E-state index contributed by atoms with van der Waals surface area (Å²) in [4.78, 5) is 14.0. The molecule has 0 unspecified atom stereocenters. The van der Waals surface area contributed by atoms with E-state index in [4.69, 9.17) is 17.0 Å². The summed E-state index contributed by atoms with van der Waals surface area (Å²) >= 11 is 5.31. The molecule has 120 valence electrons. The van der Waals surface area contributed by atoms with Crippen LogP contribution in [0.1, 0.15) is 30.1 Å². The van der Waals surface area contributed by atoms with Gasteiger partial charge >= 0.3 is 5.97 Å². The maximum atomic E-state index is 11.6. The Morgan fingerprint density at radius 1 is 1.39 bits per heavy atom. The van der Waals surface area contributed by atoms with E-state index < -0.39 is 0 Å². The second kappa shape index (κ2) is 8.25. The molecule has 0 bridgehead atoms. The number of hydrogen-bond acceptors (Lipinski definition) is 6. The minimum atomic E-state index is -0.365. The Morgan fingerprint density at radius 3 is 2.61 bits per heavy atom. The van der Waals surface area contributed by atoms with Gasteiger partial charge in [0.15, 0.2) is 5.71 Å². The normalized spacial score (nSPS) is 14.3. The van der Waals surface area contributed by atoms with Crippen molar-refractivity contribution < 1.29 is 9.53 Å². The van der Waals surface area contributed by atoms with Crippen molar-refractivity contribution in [2.75, 3.05) is 25.1 Å². The van der Waals surface area contributed by atoms with Gasteiger partial charge in [0.25, 0.3) is 0 Å². The van der Waals surface area contributed by atoms with Gasteiger partial charge in [-0.1, -0.05) is 12.2 Å². The molecule has 1 fully saturated rings. The highest BCUT2D eigenvalue weighted by molar-refractivity contribution is 7.82. The number of hydrazone groups is 1. The molecule has 1 N–H and O–H groups in total. The average Bonchev–Trinajstić information content (AvgIpc) is 3.10. The van der Waals surface area contributed by atoms with Gasteiger partial charge in [-0.15, -0.1) is 0 Å². The number of carbonyl (C=O) groups excluding carboxylic acids is 1. The Hall–Kier alpha value is -2.46. The number of hydrogen-bond donors (Lipinski definition) is 1. The van der Waals surface area contributed by atoms with E-state index in [1.165, 1.54) is 0 Å². The van der Waals surface area contributed by atoms with Crippen molar-refractivity contribution in [3.8, 4) is 6.07 Å². The highest BCUT2D eigenvalue weighted by Gasteiger charge is 2.19. The fraction of sp³-hybridized carbons (Fsp3) is 0.375. The third-order valence-electron chi connectivity index (χ3n) is 3.39. The molecule has 1 saturated heterocycles. The van der Waals surface area contributed by atoms with Crippen LogP contribution in [0.15, 0.2) is 29.4 Å². The van der Waals surface area contributed by atoms with Crippen LogP contribution in [0.3, 0.4) is 0 Å². The molecule has 7 heteroatoms. The van der Waals surface area contributed by atoms with E-state index >= 15 is 0 Å². The third-order valence-corrected chi connectivity index (χ3v) is 3.85. The van der Waals surface area contributed by atoms with Crippen LogP contribution in [0, 0.1) is 11.3 Å². The van der Waals surface area contributed by atoms with Crippen molar-refractivity contribution in [2.24, 2.45) is 5.10 Å². The van der Waals surface area contributed by atoms with Crippen LogP contribution in [0.2, 0.25) is 0 Å². The van der Waals surface area contributed by atoms with Crippen molar-refractivity contribution in [2.45, 2.75) is 19.8 Å². The minimum Gasteiger partial charge on any atom is -0.462 e. The molecule has 1 aliphatic heterocycles. The average molecular weight is 330 g/mol. The molecule has 1 aliphatic rings. The summed E-state index contributed by atoms with van der Waals surface area (Å²) in [5, 5.41) is 13.3. The number of benzene rings is 1. The van der Waals surface area contributed by atoms with Gasteiger partial charge in [-0.3, -0.25) is 5.43 Å². The number of likely N-dealkylation sites (tertiary alicyclic amines) is 1. The SMILES string of the molecule is CCOC(=O)c1ccc(N/N=C(/C#N)C(=S)N2CCCC2)cc1. The van der Waals surface area contributed by atoms with Crippen molar-refractivity contribution in [1.82, 2.24) is 4.90 Å². The molecule has 0 aliphatic carbocycles. The van der Waals surface area contributed by atoms with Gasteiger partial charge in [0.05, 0.1) is 17.9 Å². The van der Waals surface area contributed by atoms with Gasteiger partial charge in [0.1, 0.15) is 11.1 Å². The molecular weight excluding hydrogens is 312 g/mol. The zero-order valence-electron chi connectivity index (χ0n) is 12.9. The van der Waals surface area contributed by atoms with Crippen LogP contribution in [-0.2, 0) is 4.74 Å². The molecule has 6 nitrogen and oxygen atoms in total. The standard InChI is InChI=1S/C16H18N4O2S/c1-2-22-16(21)12-5-7-13(8-6-12)18-19-14(11-17)15(23)20-9-3-4-10-20/h5-8,18H,2-4,9-10H2,1H3/b19-14-. The molecule has 0 saturated carbocycles. The molecule has 2 rings (SSSR count). The van der Waals surface area contributed by atoms with E-state index in [0.29, 0.717) is 22.8 Å². The first-order valence-corrected chi connectivity index (χ1v) is 7.86. The lowest BCUT2D eigenvalue weighted by Crippen LogP contribution is -2.32. The highest BCUT2D eigenvalue weighted by atomic mass is 32.1. The topological polar surface area (TPSA) is 77.7 Å². The minimum absolute atomic E-state index is 0.191. The largest absolute Gasteiger partial charge is 0.462 e. The van der Waals surface area contributed by atoms with E-state index in [1.54, 1.807) is 31.2 Å². The van der Waals surface area contributed by atoms with E-state index in [1.807, 2.05) is 11.0 Å². The maximum absolute atomic E-state index is 11.6. The second-order valence-corrected chi connectivity index (χ2v) is 5.37. The predicted molar refractivity (Wildman–Crippen MR) is 92.5 cm³/mol. The number of nitriles is 1. The number of ether oxygens (including phenoxy) is 1. The summed E-state index contributed by atoms with van der Waals surface area (Å²) < 4.78 is 4.92. The third kappa shape index (κ3) is 4.50. The first-order valence-electron chi connectivity index (χ1n) is 7.46. The van der Waals surface area contributed by atoms with Gasteiger partial charge in [0.2, 0.25) is 0 Å². The lowest BCUT2D eigenvalue weighted by Gasteiger charge is -2.16. The van der Waals surface area contributed by atoms with Gasteiger partial charge in [0, 0.05) is 13.1 Å². The molecule has 23 heavy (non-hydrogen) atoms. The summed E-state index contributed by atoms with van der Waals surface area (Å²) in [6, 6.07) is 8.70. The van der Waals surface area contributed by atoms with Crippen molar-refractivity contribution >= 4 is 34.6 Å². The Balaban J connectivity index is 2.01. The predicted octanol–water partition coefficient (Wildman–Crippen LogP) is 2.58. The number of nitrogens with zero attached hydrogens (tertiary/aromatic N) is 3. The van der Waals surface area contributed by atoms with Crippen LogP contribution < -0.4 is 5.43 Å². The summed E-state index contributed by atoms with van der Waals surface area (Å²) in [6.45, 7) is 3.83. The Bertz CT molecular complexity index is 643. The van der Waals surface area contributed by atoms with Crippen LogP contribution in [0.5, 0.6) is 0 Å². The first-order chi connectivity index (χ1) is 11.2. The Kier molecular flexibility index (Phi) is 6.06. The number of anilines is 1. The van der Waals surface area contributed by atoms with Gasteiger partial charge in [-0.25, -0.2) is 4.79 Å². The van der Waals surface area contributed by atoms with Gasteiger partial charge in [-0.2, -0.15) is 10.4 Å². The van der Waals surface area contributed by atoms with Crippen LogP contribution in [0.25, 0.3) is 0 Å². The van der Waals surface area contributed by atoms with Crippen LogP contribution in [-0.4, -0.2) is 41.3 Å². The Morgan fingerprint density at radius 2 is 2.04 bits per heavy atom. The number of carbonyl (C=O) groups is 1. The number of esters is 1. The van der Waals surface area contributed by atoms with Gasteiger partial charge < -0.3 is 9.64 Å². The lowest BCUT2D eigenvalue weighted by molar-refractivity contribution is 0.0526. The summed E-state index contributed by atoms with van der Waals surface area (Å²) in [5.74, 6) is -0.365. The second-order valence-electron chi connectivity index (χ2n) is 4.98. The van der Waals surface area contributed by atoms with E-state index in [-0.39, 0.29) is 11.7 Å². The molecule has 1 heterocycles. The smallest absolute Gasteiger partial charge is 0.338 e. The maximum Gasteiger partial charge on any atom is 0.338 e. The fourth-order valence-electron chi connectivity index (χ4n) is 2.21. The van der Waals surface area contributed by atoms with E-state index in [2.05, 4.69) is 10.5 Å². The number of nitrogens with one attached hydrogen (secondary N) is 1. The fourth-order valence-corrected chi connectivity index (χ4v) is 2.48. The molecular formula is C16H18N4O2S. The summed E-state index contributed by atoms with van der Waals surface area (Å²) in [5.41, 5.74) is 4.12. The zero-order chi connectivity index (χ0) is 16.7. The molecule has 0 atom stereocenters. The summed E-state index contributed by atoms with van der Waals surface area (Å²) in [7, 11) is 0. The highest BCUT2D eigenvalue weighted by Crippen LogP contribution is 2.12. The van der Waals surface area contributed by atoms with E-state index in [9.17, 15) is 10.1 Å². The zero-order valence-corrected chi connectivity index (χ0v) is 13.7. The molecule has 0 aromatic heterocycles. The Labute approximate surface area is 140 Å². The van der Waals surface area contributed by atoms with Crippen LogP contribution in [0.4, 0.5) is 5.69 Å². The number of thiocarbonyl (C=S) groups is 1. The first kappa shape index (κ1) is 16.9. The monoisotopic (exact) mass is 330 g/mol. The number of rotatable bonds is 5. The summed E-state index contributed by atoms with van der Waals surface area (Å²) in [6.07, 6.45) is 2.17. The van der Waals surface area contributed by atoms with E-state index in [0.717, 1.165) is 25.9 Å². The van der Waals surface area contributed by atoms with Crippen molar-refractivity contribution in [3.63, 3.8) is 0 Å². The quantitative estimate of drug-likeness (QED) is 0.387. The van der Waals surface area contributed by atoms with Crippen LogP contribution >= 0.6 is 12.2 Å². The molecule has 0 amide bonds. The van der Waals surface area contributed by atoms with Crippen molar-refractivity contribution in [3.05, 3.63) is 29.8 Å². The molecule has 1 aromatic rings. The lowest BCUT2D eigenvalue weighted by atomic mass is 10.2. The molecule has 0 spiro atoms. The van der Waals surface area contributed by atoms with Crippen molar-refractivity contribution in [1.29, 1.82) is 5.26 Å². The van der Waals surface area contributed by atoms with Gasteiger partial charge in [-0.05, 0) is 44.0 Å².